The quantitative estimate of drug-likeness (QED) is 0.413. The van der Waals surface area contributed by atoms with Crippen LogP contribution in [0.3, 0.4) is 0 Å². The molecule has 3 rings (SSSR count). The highest BCUT2D eigenvalue weighted by molar-refractivity contribution is 6.30. The summed E-state index contributed by atoms with van der Waals surface area (Å²) in [4.78, 5) is 26.4. The first-order valence-electron chi connectivity index (χ1n) is 11.1. The number of nitrogens with zero attached hydrogens (tertiary/aromatic N) is 1. The van der Waals surface area contributed by atoms with Crippen LogP contribution in [0, 0.1) is 17.8 Å². The average molecular weight is 458 g/mol. The molecule has 3 N–H and O–H groups in total. The Morgan fingerprint density at radius 1 is 1.03 bits per heavy atom. The second-order valence-electron chi connectivity index (χ2n) is 9.34. The summed E-state index contributed by atoms with van der Waals surface area (Å²) in [6.07, 6.45) is 0.632. The van der Waals surface area contributed by atoms with Crippen LogP contribution >= 0.6 is 11.6 Å². The molecule has 2 amide bonds. The van der Waals surface area contributed by atoms with E-state index in [-0.39, 0.29) is 17.9 Å². The summed E-state index contributed by atoms with van der Waals surface area (Å²) in [5.41, 5.74) is 3.21. The summed E-state index contributed by atoms with van der Waals surface area (Å²) in [5.74, 6) is -0.229. The smallest absolute Gasteiger partial charge is 0.323 e. The van der Waals surface area contributed by atoms with E-state index in [9.17, 15) is 14.7 Å². The number of amides is 2. The van der Waals surface area contributed by atoms with Crippen LogP contribution in [0.4, 0.5) is 21.9 Å². The molecule has 1 aliphatic rings. The van der Waals surface area contributed by atoms with Crippen LogP contribution in [0.15, 0.2) is 42.5 Å². The molecule has 2 atom stereocenters. The van der Waals surface area contributed by atoms with Gasteiger partial charge in [-0.05, 0) is 66.1 Å². The Balaban J connectivity index is 1.88. The Hall–Kier alpha value is -2.73. The third kappa shape index (κ3) is 6.39. The van der Waals surface area contributed by atoms with Crippen molar-refractivity contribution >= 4 is 40.7 Å². The Kier molecular flexibility index (Phi) is 7.67. The lowest BCUT2D eigenvalue weighted by atomic mass is 10.0. The highest BCUT2D eigenvalue weighted by Gasteiger charge is 2.44. The van der Waals surface area contributed by atoms with Crippen molar-refractivity contribution in [2.45, 2.75) is 40.0 Å². The number of hydrogen-bond acceptors (Lipinski definition) is 3. The van der Waals surface area contributed by atoms with Crippen molar-refractivity contribution in [1.82, 2.24) is 0 Å². The van der Waals surface area contributed by atoms with E-state index < -0.39 is 5.97 Å². The molecule has 32 heavy (non-hydrogen) atoms. The number of carboxylic acid groups (broad SMARTS) is 1. The van der Waals surface area contributed by atoms with Crippen LogP contribution < -0.4 is 15.5 Å². The minimum Gasteiger partial charge on any atom is -0.481 e. The second-order valence-corrected chi connectivity index (χ2v) is 9.78. The van der Waals surface area contributed by atoms with Gasteiger partial charge in [-0.25, -0.2) is 4.79 Å². The molecule has 0 heterocycles. The fourth-order valence-electron chi connectivity index (χ4n) is 3.97. The van der Waals surface area contributed by atoms with Crippen molar-refractivity contribution in [2.75, 3.05) is 28.6 Å². The average Bonchev–Trinajstić information content (AvgIpc) is 3.50. The molecule has 1 fully saturated rings. The van der Waals surface area contributed by atoms with Crippen LogP contribution in [0.25, 0.3) is 0 Å². The van der Waals surface area contributed by atoms with E-state index in [4.69, 9.17) is 11.6 Å². The highest BCUT2D eigenvalue weighted by Crippen LogP contribution is 2.49. The van der Waals surface area contributed by atoms with Gasteiger partial charge in [-0.2, -0.15) is 0 Å². The molecule has 1 saturated carbocycles. The standard InChI is InChI=1S/C25H32ClN3O3/c1-15(2)13-29(14-16(3)4)23-10-5-17(20-12-21(20)24(30)31)11-22(23)28-25(32)27-19-8-6-18(26)7-9-19/h5-11,15-16,20-21H,12-14H2,1-4H3,(H,30,31)(H2,27,28,32)/t20-,21-/m0/s1. The summed E-state index contributed by atoms with van der Waals surface area (Å²) in [6, 6.07) is 12.5. The fourth-order valence-corrected chi connectivity index (χ4v) is 4.09. The monoisotopic (exact) mass is 457 g/mol. The number of aliphatic carboxylic acids is 1. The van der Waals surface area contributed by atoms with Crippen molar-refractivity contribution in [3.05, 3.63) is 53.1 Å². The molecule has 2 aromatic rings. The zero-order valence-corrected chi connectivity index (χ0v) is 19.8. The number of hydrogen-bond donors (Lipinski definition) is 3. The molecule has 1 aliphatic carbocycles. The molecule has 6 nitrogen and oxygen atoms in total. The first-order chi connectivity index (χ1) is 15.1. The van der Waals surface area contributed by atoms with Crippen molar-refractivity contribution in [3.8, 4) is 0 Å². The van der Waals surface area contributed by atoms with Gasteiger partial charge in [0.1, 0.15) is 0 Å². The van der Waals surface area contributed by atoms with Crippen LogP contribution in [0.2, 0.25) is 5.02 Å². The third-order valence-electron chi connectivity index (χ3n) is 5.42. The van der Waals surface area contributed by atoms with E-state index in [1.807, 2.05) is 18.2 Å². The summed E-state index contributed by atoms with van der Waals surface area (Å²) < 4.78 is 0. The SMILES string of the molecule is CC(C)CN(CC(C)C)c1ccc([C@@H]2C[C@@H]2C(=O)O)cc1NC(=O)Nc1ccc(Cl)cc1. The zero-order valence-electron chi connectivity index (χ0n) is 19.1. The van der Waals surface area contributed by atoms with Crippen molar-refractivity contribution in [1.29, 1.82) is 0 Å². The third-order valence-corrected chi connectivity index (χ3v) is 5.67. The zero-order chi connectivity index (χ0) is 23.4. The fraction of sp³-hybridized carbons (Fsp3) is 0.440. The van der Waals surface area contributed by atoms with Gasteiger partial charge in [0.05, 0.1) is 17.3 Å². The lowest BCUT2D eigenvalue weighted by Crippen LogP contribution is -2.32. The predicted molar refractivity (Wildman–Crippen MR) is 131 cm³/mol. The van der Waals surface area contributed by atoms with Gasteiger partial charge in [0.15, 0.2) is 0 Å². The Morgan fingerprint density at radius 3 is 2.19 bits per heavy atom. The van der Waals surface area contributed by atoms with Gasteiger partial charge < -0.3 is 20.6 Å². The number of anilines is 3. The summed E-state index contributed by atoms with van der Waals surface area (Å²) in [5, 5.41) is 15.8. The van der Waals surface area contributed by atoms with E-state index >= 15 is 0 Å². The maximum atomic E-state index is 12.8. The number of carbonyl (C=O) groups is 2. The minimum atomic E-state index is -0.768. The van der Waals surface area contributed by atoms with Crippen LogP contribution in [-0.4, -0.2) is 30.2 Å². The first kappa shape index (κ1) is 23.9. The van der Waals surface area contributed by atoms with E-state index in [0.717, 1.165) is 24.3 Å². The first-order valence-corrected chi connectivity index (χ1v) is 11.5. The molecule has 0 spiro atoms. The molecule has 0 radical (unpaired) electrons. The Morgan fingerprint density at radius 2 is 1.66 bits per heavy atom. The Labute approximate surface area is 195 Å². The van der Waals surface area contributed by atoms with Crippen LogP contribution in [0.5, 0.6) is 0 Å². The van der Waals surface area contributed by atoms with E-state index in [1.165, 1.54) is 0 Å². The van der Waals surface area contributed by atoms with Crippen LogP contribution in [-0.2, 0) is 4.79 Å². The summed E-state index contributed by atoms with van der Waals surface area (Å²) in [6.45, 7) is 10.4. The van der Waals surface area contributed by atoms with Gasteiger partial charge in [0, 0.05) is 23.8 Å². The van der Waals surface area contributed by atoms with Gasteiger partial charge >= 0.3 is 12.0 Å². The molecule has 0 aliphatic heterocycles. The molecule has 0 aromatic heterocycles. The number of rotatable bonds is 9. The molecule has 2 aromatic carbocycles. The molecule has 172 valence electrons. The topological polar surface area (TPSA) is 81.7 Å². The lowest BCUT2D eigenvalue weighted by Gasteiger charge is -2.30. The van der Waals surface area contributed by atoms with E-state index in [2.05, 4.69) is 43.2 Å². The molecule has 0 saturated heterocycles. The normalized spacial score (nSPS) is 17.3. The number of urea groups is 1. The number of carboxylic acids is 1. The molecular formula is C25H32ClN3O3. The maximum absolute atomic E-state index is 12.8. The largest absolute Gasteiger partial charge is 0.481 e. The predicted octanol–water partition coefficient (Wildman–Crippen LogP) is 6.29. The van der Waals surface area contributed by atoms with E-state index in [1.54, 1.807) is 24.3 Å². The molecule has 0 bridgehead atoms. The van der Waals surface area contributed by atoms with Gasteiger partial charge in [-0.1, -0.05) is 45.4 Å². The van der Waals surface area contributed by atoms with Gasteiger partial charge in [0.2, 0.25) is 0 Å². The number of nitrogens with one attached hydrogen (secondary N) is 2. The Bertz CT molecular complexity index is 949. The van der Waals surface area contributed by atoms with Crippen molar-refractivity contribution in [3.63, 3.8) is 0 Å². The number of carbonyl (C=O) groups excluding carboxylic acids is 1. The second kappa shape index (κ2) is 10.3. The molecule has 0 unspecified atom stereocenters. The van der Waals surface area contributed by atoms with E-state index in [0.29, 0.717) is 34.7 Å². The highest BCUT2D eigenvalue weighted by atomic mass is 35.5. The summed E-state index contributed by atoms with van der Waals surface area (Å²) in [7, 11) is 0. The lowest BCUT2D eigenvalue weighted by molar-refractivity contribution is -0.138. The van der Waals surface area contributed by atoms with Gasteiger partial charge in [-0.15, -0.1) is 0 Å². The molecular weight excluding hydrogens is 426 g/mol. The number of benzene rings is 2. The van der Waals surface area contributed by atoms with Gasteiger partial charge in [0.25, 0.3) is 0 Å². The minimum absolute atomic E-state index is 0.00919. The van der Waals surface area contributed by atoms with Crippen LogP contribution in [0.1, 0.15) is 45.6 Å². The number of halogens is 1. The van der Waals surface area contributed by atoms with Crippen molar-refractivity contribution in [2.24, 2.45) is 17.8 Å². The van der Waals surface area contributed by atoms with Gasteiger partial charge in [-0.3, -0.25) is 4.79 Å². The summed E-state index contributed by atoms with van der Waals surface area (Å²) >= 11 is 5.93. The maximum Gasteiger partial charge on any atom is 0.323 e. The molecule has 7 heteroatoms. The van der Waals surface area contributed by atoms with Crippen molar-refractivity contribution < 1.29 is 14.7 Å².